The van der Waals surface area contributed by atoms with Crippen LogP contribution in [0.25, 0.3) is 0 Å². The number of likely N-dealkylation sites (tertiary alicyclic amines) is 1. The molecular formula is C13H15FN2O4S. The molecule has 2 atom stereocenters. The van der Waals surface area contributed by atoms with Crippen LogP contribution in [0, 0.1) is 5.82 Å². The SMILES string of the molecule is CS(=O)(=O)[C@@H]1C(=O)C(=O)N(CCN)[C@@H]1c1ccc(F)cc1. The summed E-state index contributed by atoms with van der Waals surface area (Å²) < 4.78 is 36.8. The molecule has 8 heteroatoms. The van der Waals surface area contributed by atoms with E-state index in [-0.39, 0.29) is 13.1 Å². The maximum absolute atomic E-state index is 13.0. The Bertz CT molecular complexity index is 672. The first-order chi connectivity index (χ1) is 9.77. The van der Waals surface area contributed by atoms with Crippen molar-refractivity contribution >= 4 is 21.5 Å². The highest BCUT2D eigenvalue weighted by Gasteiger charge is 2.52. The Kier molecular flexibility index (Phi) is 4.11. The molecule has 1 aliphatic rings. The van der Waals surface area contributed by atoms with Gasteiger partial charge in [-0.25, -0.2) is 12.8 Å². The maximum Gasteiger partial charge on any atom is 0.292 e. The summed E-state index contributed by atoms with van der Waals surface area (Å²) in [5.74, 6) is -2.33. The maximum atomic E-state index is 13.0. The van der Waals surface area contributed by atoms with Crippen LogP contribution < -0.4 is 5.73 Å². The Labute approximate surface area is 121 Å². The Hall–Kier alpha value is -1.80. The molecule has 21 heavy (non-hydrogen) atoms. The van der Waals surface area contributed by atoms with Gasteiger partial charge >= 0.3 is 0 Å². The van der Waals surface area contributed by atoms with Gasteiger partial charge in [0, 0.05) is 19.3 Å². The molecule has 1 amide bonds. The lowest BCUT2D eigenvalue weighted by Crippen LogP contribution is -2.36. The lowest BCUT2D eigenvalue weighted by atomic mass is 10.0. The van der Waals surface area contributed by atoms with Gasteiger partial charge < -0.3 is 10.6 Å². The number of rotatable bonds is 4. The summed E-state index contributed by atoms with van der Waals surface area (Å²) in [7, 11) is -3.79. The van der Waals surface area contributed by atoms with Crippen molar-refractivity contribution in [2.75, 3.05) is 19.3 Å². The predicted molar refractivity (Wildman–Crippen MR) is 73.5 cm³/mol. The summed E-state index contributed by atoms with van der Waals surface area (Å²) in [4.78, 5) is 25.1. The number of amides is 1. The number of halogens is 1. The minimum atomic E-state index is -3.79. The first kappa shape index (κ1) is 15.6. The number of Topliss-reactive ketones (excluding diaryl/α,β-unsaturated/α-hetero) is 1. The fraction of sp³-hybridized carbons (Fsp3) is 0.385. The topological polar surface area (TPSA) is 97.5 Å². The lowest BCUT2D eigenvalue weighted by Gasteiger charge is -2.26. The molecule has 6 nitrogen and oxygen atoms in total. The summed E-state index contributed by atoms with van der Waals surface area (Å²) in [6.45, 7) is 0.145. The standard InChI is InChI=1S/C13H15FN2O4S/c1-21(19,20)12-10(8-2-4-9(14)5-3-8)16(7-6-15)13(18)11(12)17/h2-5,10,12H,6-7,15H2,1H3/t10-,12+/m1/s1. The minimum Gasteiger partial charge on any atom is -0.329 e. The first-order valence-electron chi connectivity index (χ1n) is 6.26. The molecule has 0 saturated carbocycles. The molecule has 0 aromatic heterocycles. The van der Waals surface area contributed by atoms with Crippen LogP contribution in [0.2, 0.25) is 0 Å². The number of benzene rings is 1. The second kappa shape index (κ2) is 5.53. The molecule has 1 saturated heterocycles. The largest absolute Gasteiger partial charge is 0.329 e. The molecule has 0 aliphatic carbocycles. The van der Waals surface area contributed by atoms with Gasteiger partial charge in [-0.1, -0.05) is 12.1 Å². The van der Waals surface area contributed by atoms with E-state index in [0.717, 1.165) is 23.3 Å². The zero-order valence-corrected chi connectivity index (χ0v) is 12.1. The van der Waals surface area contributed by atoms with E-state index in [1.54, 1.807) is 0 Å². The van der Waals surface area contributed by atoms with E-state index in [9.17, 15) is 22.4 Å². The summed E-state index contributed by atoms with van der Waals surface area (Å²) in [5.41, 5.74) is 5.81. The van der Waals surface area contributed by atoms with E-state index in [1.807, 2.05) is 0 Å². The normalized spacial score (nSPS) is 22.9. The van der Waals surface area contributed by atoms with E-state index in [0.29, 0.717) is 5.56 Å². The van der Waals surface area contributed by atoms with Crippen molar-refractivity contribution in [3.63, 3.8) is 0 Å². The summed E-state index contributed by atoms with van der Waals surface area (Å²) in [6, 6.07) is 4.08. The molecule has 0 spiro atoms. The van der Waals surface area contributed by atoms with E-state index in [1.165, 1.54) is 12.1 Å². The van der Waals surface area contributed by atoms with Crippen LogP contribution in [0.15, 0.2) is 24.3 Å². The fourth-order valence-corrected chi connectivity index (χ4v) is 3.78. The van der Waals surface area contributed by atoms with Gasteiger partial charge in [0.25, 0.3) is 5.91 Å². The van der Waals surface area contributed by atoms with Crippen LogP contribution in [-0.4, -0.2) is 49.6 Å². The highest BCUT2D eigenvalue weighted by Crippen LogP contribution is 2.35. The molecule has 1 fully saturated rings. The molecule has 114 valence electrons. The van der Waals surface area contributed by atoms with Crippen molar-refractivity contribution in [2.45, 2.75) is 11.3 Å². The van der Waals surface area contributed by atoms with Crippen LogP contribution in [0.5, 0.6) is 0 Å². The van der Waals surface area contributed by atoms with Gasteiger partial charge in [-0.05, 0) is 17.7 Å². The number of carbonyl (C=O) groups excluding carboxylic acids is 2. The molecule has 1 aromatic rings. The molecule has 0 bridgehead atoms. The molecule has 1 aromatic carbocycles. The number of nitrogens with two attached hydrogens (primary N) is 1. The van der Waals surface area contributed by atoms with Crippen molar-refractivity contribution in [3.8, 4) is 0 Å². The summed E-state index contributed by atoms with van der Waals surface area (Å²) in [5, 5.41) is -1.48. The molecule has 2 rings (SSSR count). The second-order valence-electron chi connectivity index (χ2n) is 4.90. The van der Waals surface area contributed by atoms with Crippen LogP contribution in [0.4, 0.5) is 4.39 Å². The van der Waals surface area contributed by atoms with Gasteiger partial charge in [-0.3, -0.25) is 9.59 Å². The Balaban J connectivity index is 2.56. The van der Waals surface area contributed by atoms with Gasteiger partial charge in [0.05, 0.1) is 6.04 Å². The van der Waals surface area contributed by atoms with Gasteiger partial charge in [0.1, 0.15) is 5.82 Å². The second-order valence-corrected chi connectivity index (χ2v) is 7.06. The highest BCUT2D eigenvalue weighted by atomic mass is 32.2. The van der Waals surface area contributed by atoms with Crippen molar-refractivity contribution in [2.24, 2.45) is 5.73 Å². The van der Waals surface area contributed by atoms with Gasteiger partial charge in [-0.15, -0.1) is 0 Å². The Morgan fingerprint density at radius 3 is 2.29 bits per heavy atom. The summed E-state index contributed by atoms with van der Waals surface area (Å²) in [6.07, 6.45) is 0.908. The fourth-order valence-electron chi connectivity index (χ4n) is 2.52. The van der Waals surface area contributed by atoms with Gasteiger partial charge in [0.15, 0.2) is 15.1 Å². The molecule has 0 radical (unpaired) electrons. The smallest absolute Gasteiger partial charge is 0.292 e. The van der Waals surface area contributed by atoms with E-state index >= 15 is 0 Å². The Morgan fingerprint density at radius 1 is 1.24 bits per heavy atom. The average molecular weight is 314 g/mol. The monoisotopic (exact) mass is 314 g/mol. The van der Waals surface area contributed by atoms with Crippen molar-refractivity contribution in [1.29, 1.82) is 0 Å². The molecule has 1 heterocycles. The molecular weight excluding hydrogens is 299 g/mol. The molecule has 2 N–H and O–H groups in total. The Morgan fingerprint density at radius 2 is 1.81 bits per heavy atom. The quantitative estimate of drug-likeness (QED) is 0.766. The van der Waals surface area contributed by atoms with Gasteiger partial charge in [-0.2, -0.15) is 0 Å². The van der Waals surface area contributed by atoms with Crippen LogP contribution >= 0.6 is 0 Å². The van der Waals surface area contributed by atoms with Gasteiger partial charge in [0.2, 0.25) is 5.78 Å². The van der Waals surface area contributed by atoms with E-state index in [2.05, 4.69) is 0 Å². The van der Waals surface area contributed by atoms with Crippen LogP contribution in [-0.2, 0) is 19.4 Å². The van der Waals surface area contributed by atoms with Crippen molar-refractivity contribution < 1.29 is 22.4 Å². The molecule has 0 unspecified atom stereocenters. The van der Waals surface area contributed by atoms with E-state index in [4.69, 9.17) is 5.73 Å². The highest BCUT2D eigenvalue weighted by molar-refractivity contribution is 7.92. The third-order valence-electron chi connectivity index (χ3n) is 3.40. The van der Waals surface area contributed by atoms with Crippen molar-refractivity contribution in [3.05, 3.63) is 35.6 Å². The number of hydrogen-bond acceptors (Lipinski definition) is 5. The van der Waals surface area contributed by atoms with E-state index < -0.39 is 38.6 Å². The molecule has 1 aliphatic heterocycles. The lowest BCUT2D eigenvalue weighted by molar-refractivity contribution is -0.140. The third kappa shape index (κ3) is 2.81. The zero-order valence-electron chi connectivity index (χ0n) is 11.3. The number of carbonyl (C=O) groups is 2. The zero-order chi connectivity index (χ0) is 15.8. The van der Waals surface area contributed by atoms with Crippen molar-refractivity contribution in [1.82, 2.24) is 4.90 Å². The number of sulfone groups is 1. The van der Waals surface area contributed by atoms with Crippen LogP contribution in [0.1, 0.15) is 11.6 Å². The van der Waals surface area contributed by atoms with Crippen LogP contribution in [0.3, 0.4) is 0 Å². The number of nitrogens with zero attached hydrogens (tertiary/aromatic N) is 1. The summed E-state index contributed by atoms with van der Waals surface area (Å²) >= 11 is 0. The number of hydrogen-bond donors (Lipinski definition) is 1. The number of ketones is 1. The predicted octanol–water partition coefficient (Wildman–Crippen LogP) is -0.350. The minimum absolute atomic E-state index is 0.0542. The first-order valence-corrected chi connectivity index (χ1v) is 8.22. The third-order valence-corrected chi connectivity index (χ3v) is 4.79. The average Bonchev–Trinajstić information content (AvgIpc) is 2.65.